The highest BCUT2D eigenvalue weighted by atomic mass is 35.5. The van der Waals surface area contributed by atoms with E-state index >= 15 is 0 Å². The molecule has 1 aromatic carbocycles. The molecule has 1 N–H and O–H groups in total. The minimum absolute atomic E-state index is 0.106. The third kappa shape index (κ3) is 2.73. The second-order valence-electron chi connectivity index (χ2n) is 3.66. The first kappa shape index (κ1) is 12.7. The lowest BCUT2D eigenvalue weighted by molar-refractivity contribution is -0.118. The first-order valence-electron chi connectivity index (χ1n) is 5.47. The number of Topliss-reactive ketones (excluding diaryl/α,β-unsaturated/α-hetero) is 1. The Labute approximate surface area is 109 Å². The number of carbonyl (C=O) groups excluding carboxylic acids is 2. The van der Waals surface area contributed by atoms with Crippen LogP contribution in [0.5, 0.6) is 11.5 Å². The predicted molar refractivity (Wildman–Crippen MR) is 65.5 cm³/mol. The van der Waals surface area contributed by atoms with E-state index in [2.05, 4.69) is 5.32 Å². The molecule has 6 heteroatoms. The number of hydrogen-bond acceptors (Lipinski definition) is 4. The van der Waals surface area contributed by atoms with Crippen LogP contribution < -0.4 is 14.8 Å². The fraction of sp³-hybridized carbons (Fsp3) is 0.333. The van der Waals surface area contributed by atoms with E-state index in [1.807, 2.05) is 0 Å². The van der Waals surface area contributed by atoms with Crippen LogP contribution in [0.25, 0.3) is 0 Å². The lowest BCUT2D eigenvalue weighted by Crippen LogP contribution is -2.30. The molecular formula is C12H12ClNO4. The summed E-state index contributed by atoms with van der Waals surface area (Å²) in [7, 11) is 0. The van der Waals surface area contributed by atoms with E-state index in [0.717, 1.165) is 0 Å². The molecule has 0 aliphatic carbocycles. The molecule has 18 heavy (non-hydrogen) atoms. The Morgan fingerprint density at radius 2 is 2.06 bits per heavy atom. The fourth-order valence-corrected chi connectivity index (χ4v) is 1.71. The third-order valence-electron chi connectivity index (χ3n) is 2.43. The maximum atomic E-state index is 11.9. The van der Waals surface area contributed by atoms with Gasteiger partial charge in [-0.05, 0) is 12.1 Å². The van der Waals surface area contributed by atoms with Crippen molar-refractivity contribution < 1.29 is 19.1 Å². The Morgan fingerprint density at radius 3 is 2.83 bits per heavy atom. The molecule has 5 nitrogen and oxygen atoms in total. The summed E-state index contributed by atoms with van der Waals surface area (Å²) in [6, 6.07) is 5.09. The van der Waals surface area contributed by atoms with Gasteiger partial charge in [-0.15, -0.1) is 11.6 Å². The van der Waals surface area contributed by atoms with Crippen LogP contribution in [0.1, 0.15) is 10.4 Å². The first-order valence-corrected chi connectivity index (χ1v) is 6.00. The van der Waals surface area contributed by atoms with Crippen LogP contribution in [0.15, 0.2) is 18.2 Å². The minimum Gasteiger partial charge on any atom is -0.486 e. The van der Waals surface area contributed by atoms with E-state index in [4.69, 9.17) is 21.1 Å². The van der Waals surface area contributed by atoms with Crippen molar-refractivity contribution in [2.24, 2.45) is 0 Å². The molecule has 96 valence electrons. The van der Waals surface area contributed by atoms with Gasteiger partial charge < -0.3 is 14.8 Å². The van der Waals surface area contributed by atoms with Crippen molar-refractivity contribution in [2.45, 2.75) is 0 Å². The summed E-state index contributed by atoms with van der Waals surface area (Å²) in [5, 5.41) is 2.42. The highest BCUT2D eigenvalue weighted by Gasteiger charge is 2.20. The Balaban J connectivity index is 2.13. The van der Waals surface area contributed by atoms with Gasteiger partial charge in [-0.2, -0.15) is 0 Å². The molecule has 0 atom stereocenters. The van der Waals surface area contributed by atoms with Crippen molar-refractivity contribution in [3.63, 3.8) is 0 Å². The van der Waals surface area contributed by atoms with Crippen molar-refractivity contribution in [1.82, 2.24) is 5.32 Å². The Morgan fingerprint density at radius 1 is 1.28 bits per heavy atom. The molecule has 0 unspecified atom stereocenters. The molecule has 1 aliphatic rings. The van der Waals surface area contributed by atoms with Gasteiger partial charge in [0, 0.05) is 0 Å². The number of fused-ring (bicyclic) bond motifs is 1. The van der Waals surface area contributed by atoms with Crippen molar-refractivity contribution >= 4 is 23.3 Å². The van der Waals surface area contributed by atoms with E-state index in [-0.39, 0.29) is 24.1 Å². The number of para-hydroxylation sites is 1. The monoisotopic (exact) mass is 269 g/mol. The first-order chi connectivity index (χ1) is 8.72. The maximum Gasteiger partial charge on any atom is 0.235 e. The Hall–Kier alpha value is -1.75. The largest absolute Gasteiger partial charge is 0.486 e. The number of hydrogen-bond donors (Lipinski definition) is 1. The van der Waals surface area contributed by atoms with Gasteiger partial charge in [0.25, 0.3) is 0 Å². The minimum atomic E-state index is -0.382. The zero-order valence-electron chi connectivity index (χ0n) is 9.57. The van der Waals surface area contributed by atoms with Gasteiger partial charge in [0.2, 0.25) is 5.91 Å². The number of amides is 1. The van der Waals surface area contributed by atoms with Gasteiger partial charge in [-0.3, -0.25) is 9.59 Å². The van der Waals surface area contributed by atoms with Crippen LogP contribution in [0, 0.1) is 0 Å². The van der Waals surface area contributed by atoms with E-state index in [1.54, 1.807) is 18.2 Å². The number of alkyl halides is 1. The molecule has 0 radical (unpaired) electrons. The summed E-state index contributed by atoms with van der Waals surface area (Å²) in [5.41, 5.74) is 0.405. The molecule has 0 aromatic heterocycles. The van der Waals surface area contributed by atoms with Crippen molar-refractivity contribution in [3.05, 3.63) is 23.8 Å². The van der Waals surface area contributed by atoms with Crippen molar-refractivity contribution in [2.75, 3.05) is 25.6 Å². The third-order valence-corrected chi connectivity index (χ3v) is 2.68. The number of benzene rings is 1. The van der Waals surface area contributed by atoms with E-state index in [1.165, 1.54) is 0 Å². The summed E-state index contributed by atoms with van der Waals surface area (Å²) in [6.45, 7) is 0.768. The number of halogens is 1. The van der Waals surface area contributed by atoms with Gasteiger partial charge in [-0.1, -0.05) is 6.07 Å². The highest BCUT2D eigenvalue weighted by molar-refractivity contribution is 6.27. The van der Waals surface area contributed by atoms with E-state index < -0.39 is 0 Å². The van der Waals surface area contributed by atoms with Crippen LogP contribution in [0.3, 0.4) is 0 Å². The summed E-state index contributed by atoms with van der Waals surface area (Å²) < 4.78 is 10.8. The lowest BCUT2D eigenvalue weighted by atomic mass is 10.1. The molecule has 2 rings (SSSR count). The zero-order chi connectivity index (χ0) is 13.0. The average Bonchev–Trinajstić information content (AvgIpc) is 2.43. The fourth-order valence-electron chi connectivity index (χ4n) is 1.61. The number of ether oxygens (including phenoxy) is 2. The average molecular weight is 270 g/mol. The normalized spacial score (nSPS) is 12.9. The second kappa shape index (κ2) is 5.73. The molecule has 0 saturated carbocycles. The van der Waals surface area contributed by atoms with Gasteiger partial charge in [0.1, 0.15) is 19.1 Å². The van der Waals surface area contributed by atoms with Crippen LogP contribution in [0.4, 0.5) is 0 Å². The molecule has 1 heterocycles. The SMILES string of the molecule is O=C(CCl)NCC(=O)c1cccc2c1OCCO2. The zero-order valence-corrected chi connectivity index (χ0v) is 10.3. The molecule has 1 aliphatic heterocycles. The van der Waals surface area contributed by atoms with Crippen LogP contribution >= 0.6 is 11.6 Å². The predicted octanol–water partition coefficient (Wildman–Crippen LogP) is 0.996. The topological polar surface area (TPSA) is 64.6 Å². The number of nitrogens with one attached hydrogen (secondary N) is 1. The van der Waals surface area contributed by atoms with Crippen molar-refractivity contribution in [1.29, 1.82) is 0 Å². The molecule has 0 spiro atoms. The van der Waals surface area contributed by atoms with Gasteiger partial charge in [0.05, 0.1) is 12.1 Å². The van der Waals surface area contributed by atoms with Gasteiger partial charge in [0.15, 0.2) is 17.3 Å². The molecule has 0 fully saturated rings. The highest BCUT2D eigenvalue weighted by Crippen LogP contribution is 2.33. The Bertz CT molecular complexity index is 475. The van der Waals surface area contributed by atoms with Crippen LogP contribution in [0.2, 0.25) is 0 Å². The van der Waals surface area contributed by atoms with Crippen LogP contribution in [-0.4, -0.2) is 37.3 Å². The molecule has 1 aromatic rings. The van der Waals surface area contributed by atoms with Gasteiger partial charge in [-0.25, -0.2) is 0 Å². The maximum absolute atomic E-state index is 11.9. The van der Waals surface area contributed by atoms with E-state index in [9.17, 15) is 9.59 Å². The molecule has 0 saturated heterocycles. The molecular weight excluding hydrogens is 258 g/mol. The summed E-state index contributed by atoms with van der Waals surface area (Å²) in [6.07, 6.45) is 0. The summed E-state index contributed by atoms with van der Waals surface area (Å²) in [4.78, 5) is 22.9. The smallest absolute Gasteiger partial charge is 0.235 e. The molecule has 0 bridgehead atoms. The van der Waals surface area contributed by atoms with Gasteiger partial charge >= 0.3 is 0 Å². The summed E-state index contributed by atoms with van der Waals surface area (Å²) >= 11 is 5.33. The van der Waals surface area contributed by atoms with Crippen molar-refractivity contribution in [3.8, 4) is 11.5 Å². The van der Waals surface area contributed by atoms with E-state index in [0.29, 0.717) is 30.3 Å². The Kier molecular flexibility index (Phi) is 4.04. The standard InChI is InChI=1S/C12H12ClNO4/c13-6-11(16)14-7-9(15)8-2-1-3-10-12(8)18-5-4-17-10/h1-3H,4-7H2,(H,14,16). The molecule has 1 amide bonds. The number of ketones is 1. The summed E-state index contributed by atoms with van der Waals surface area (Å²) in [5.74, 6) is 0.201. The quantitative estimate of drug-likeness (QED) is 0.654. The van der Waals surface area contributed by atoms with Crippen LogP contribution in [-0.2, 0) is 4.79 Å². The second-order valence-corrected chi connectivity index (χ2v) is 3.93. The number of carbonyl (C=O) groups is 2. The number of rotatable bonds is 4. The lowest BCUT2D eigenvalue weighted by Gasteiger charge is -2.20.